The normalized spacial score (nSPS) is 11.6. The molecule has 0 spiro atoms. The minimum atomic E-state index is -3.51. The molecule has 9 heteroatoms. The Morgan fingerprint density at radius 1 is 1.06 bits per heavy atom. The topological polar surface area (TPSA) is 84.3 Å². The average Bonchev–Trinajstić information content (AvgIpc) is 3.15. The summed E-state index contributed by atoms with van der Waals surface area (Å²) in [5, 5.41) is 7.05. The smallest absolute Gasteiger partial charge is 0.255 e. The van der Waals surface area contributed by atoms with Gasteiger partial charge in [0.15, 0.2) is 0 Å². The molecule has 2 aromatic carbocycles. The lowest BCUT2D eigenvalue weighted by Gasteiger charge is -2.18. The lowest BCUT2D eigenvalue weighted by Crippen LogP contribution is -2.30. The van der Waals surface area contributed by atoms with Crippen molar-refractivity contribution in [2.75, 3.05) is 13.1 Å². The maximum Gasteiger partial charge on any atom is 0.255 e. The van der Waals surface area contributed by atoms with Crippen LogP contribution in [0.3, 0.4) is 0 Å². The number of nitrogens with one attached hydrogen (secondary N) is 1. The van der Waals surface area contributed by atoms with E-state index in [4.69, 9.17) is 0 Å². The van der Waals surface area contributed by atoms with Gasteiger partial charge < -0.3 is 5.32 Å². The molecule has 1 aromatic heterocycles. The predicted octanol–water partition coefficient (Wildman–Crippen LogP) is 3.28. The maximum atomic E-state index is 13.1. The van der Waals surface area contributed by atoms with Gasteiger partial charge in [-0.05, 0) is 48.9 Å². The fourth-order valence-electron chi connectivity index (χ4n) is 3.24. The number of nitrogens with zero attached hydrogens (tertiary/aromatic N) is 3. The van der Waals surface area contributed by atoms with E-state index < -0.39 is 10.0 Å². The first kappa shape index (κ1) is 22.6. The molecule has 0 unspecified atom stereocenters. The molecule has 0 aliphatic carbocycles. The Kier molecular flexibility index (Phi) is 6.87. The molecule has 1 amide bonds. The van der Waals surface area contributed by atoms with E-state index in [9.17, 15) is 17.6 Å². The molecule has 1 heterocycles. The third kappa shape index (κ3) is 4.83. The largest absolute Gasteiger partial charge is 0.348 e. The van der Waals surface area contributed by atoms with Crippen LogP contribution in [0.4, 0.5) is 4.39 Å². The second-order valence-corrected chi connectivity index (χ2v) is 8.89. The monoisotopic (exact) mass is 444 g/mol. The molecule has 0 aliphatic rings. The van der Waals surface area contributed by atoms with E-state index in [1.165, 1.54) is 22.6 Å². The Morgan fingerprint density at radius 2 is 1.68 bits per heavy atom. The SMILES string of the molecule is CCN(CC)S(=O)(=O)c1ccc(CNC(=O)c2cnn(-c3ccc(F)cc3)c2C)cc1. The zero-order valence-corrected chi connectivity index (χ0v) is 18.5. The molecule has 0 aliphatic heterocycles. The molecule has 1 N–H and O–H groups in total. The first-order valence-corrected chi connectivity index (χ1v) is 11.4. The molecule has 0 fully saturated rings. The van der Waals surface area contributed by atoms with Gasteiger partial charge in [0.1, 0.15) is 5.82 Å². The summed E-state index contributed by atoms with van der Waals surface area (Å²) in [6.07, 6.45) is 1.47. The van der Waals surface area contributed by atoms with Crippen LogP contribution in [0.25, 0.3) is 5.69 Å². The van der Waals surface area contributed by atoms with Gasteiger partial charge in [0.05, 0.1) is 28.0 Å². The molecule has 0 radical (unpaired) electrons. The molecule has 7 nitrogen and oxygen atoms in total. The fourth-order valence-corrected chi connectivity index (χ4v) is 4.70. The van der Waals surface area contributed by atoms with Gasteiger partial charge in [-0.15, -0.1) is 0 Å². The van der Waals surface area contributed by atoms with Gasteiger partial charge in [-0.1, -0.05) is 26.0 Å². The van der Waals surface area contributed by atoms with E-state index in [1.54, 1.807) is 61.9 Å². The standard InChI is InChI=1S/C22H25FN4O3S/c1-4-26(5-2)31(29,30)20-12-6-17(7-13-20)14-24-22(28)21-15-25-27(16(21)3)19-10-8-18(23)9-11-19/h6-13,15H,4-5,14H2,1-3H3,(H,24,28). The number of benzene rings is 2. The van der Waals surface area contributed by atoms with Crippen molar-refractivity contribution in [2.45, 2.75) is 32.2 Å². The summed E-state index contributed by atoms with van der Waals surface area (Å²) in [6, 6.07) is 12.3. The van der Waals surface area contributed by atoms with E-state index in [-0.39, 0.29) is 23.2 Å². The molecule has 0 saturated carbocycles. The van der Waals surface area contributed by atoms with Crippen molar-refractivity contribution in [1.29, 1.82) is 0 Å². The third-order valence-corrected chi connectivity index (χ3v) is 7.11. The van der Waals surface area contributed by atoms with Crippen molar-refractivity contribution in [2.24, 2.45) is 0 Å². The van der Waals surface area contributed by atoms with Crippen LogP contribution in [-0.4, -0.2) is 41.5 Å². The van der Waals surface area contributed by atoms with Crippen molar-refractivity contribution < 1.29 is 17.6 Å². The van der Waals surface area contributed by atoms with E-state index in [2.05, 4.69) is 10.4 Å². The predicted molar refractivity (Wildman–Crippen MR) is 116 cm³/mol. The van der Waals surface area contributed by atoms with Crippen LogP contribution < -0.4 is 5.32 Å². The first-order chi connectivity index (χ1) is 14.8. The van der Waals surface area contributed by atoms with Gasteiger partial charge in [-0.25, -0.2) is 17.5 Å². The Bertz CT molecular complexity index is 1150. The molecular formula is C22H25FN4O3S. The summed E-state index contributed by atoms with van der Waals surface area (Å²) in [5.74, 6) is -0.645. The highest BCUT2D eigenvalue weighted by molar-refractivity contribution is 7.89. The molecule has 164 valence electrons. The molecule has 0 bridgehead atoms. The molecule has 0 atom stereocenters. The third-order valence-electron chi connectivity index (χ3n) is 5.05. The highest BCUT2D eigenvalue weighted by atomic mass is 32.2. The van der Waals surface area contributed by atoms with E-state index >= 15 is 0 Å². The molecule has 3 rings (SSSR count). The van der Waals surface area contributed by atoms with Gasteiger partial charge in [-0.2, -0.15) is 9.40 Å². The quantitative estimate of drug-likeness (QED) is 0.578. The summed E-state index contributed by atoms with van der Waals surface area (Å²) in [7, 11) is -3.51. The van der Waals surface area contributed by atoms with Crippen molar-refractivity contribution in [3.8, 4) is 5.69 Å². The Hall–Kier alpha value is -3.04. The lowest BCUT2D eigenvalue weighted by atomic mass is 10.2. The number of carbonyl (C=O) groups excluding carboxylic acids is 1. The number of hydrogen-bond donors (Lipinski definition) is 1. The van der Waals surface area contributed by atoms with Crippen molar-refractivity contribution in [1.82, 2.24) is 19.4 Å². The number of rotatable bonds is 8. The summed E-state index contributed by atoms with van der Waals surface area (Å²) >= 11 is 0. The van der Waals surface area contributed by atoms with Gasteiger partial charge in [-0.3, -0.25) is 4.79 Å². The minimum Gasteiger partial charge on any atom is -0.348 e. The summed E-state index contributed by atoms with van der Waals surface area (Å²) in [4.78, 5) is 12.8. The Morgan fingerprint density at radius 3 is 2.26 bits per heavy atom. The summed E-state index contributed by atoms with van der Waals surface area (Å²) < 4.78 is 41.2. The number of sulfonamides is 1. The number of hydrogen-bond acceptors (Lipinski definition) is 4. The van der Waals surface area contributed by atoms with Crippen molar-refractivity contribution >= 4 is 15.9 Å². The van der Waals surface area contributed by atoms with Crippen LogP contribution in [0.15, 0.2) is 59.6 Å². The minimum absolute atomic E-state index is 0.225. The van der Waals surface area contributed by atoms with Crippen LogP contribution in [-0.2, 0) is 16.6 Å². The lowest BCUT2D eigenvalue weighted by molar-refractivity contribution is 0.0950. The van der Waals surface area contributed by atoms with Crippen molar-refractivity contribution in [3.05, 3.63) is 77.4 Å². The van der Waals surface area contributed by atoms with Gasteiger partial charge in [0.25, 0.3) is 5.91 Å². The second kappa shape index (κ2) is 9.40. The van der Waals surface area contributed by atoms with Crippen LogP contribution in [0.2, 0.25) is 0 Å². The molecule has 0 saturated heterocycles. The number of amides is 1. The Labute approximate surface area is 181 Å². The molecule has 3 aromatic rings. The zero-order chi connectivity index (χ0) is 22.6. The summed E-state index contributed by atoms with van der Waals surface area (Å²) in [5.41, 5.74) is 2.47. The molecule has 31 heavy (non-hydrogen) atoms. The van der Waals surface area contributed by atoms with Crippen LogP contribution >= 0.6 is 0 Å². The number of carbonyl (C=O) groups is 1. The second-order valence-electron chi connectivity index (χ2n) is 6.95. The van der Waals surface area contributed by atoms with E-state index in [1.807, 2.05) is 0 Å². The average molecular weight is 445 g/mol. The Balaban J connectivity index is 1.68. The first-order valence-electron chi connectivity index (χ1n) is 9.95. The van der Waals surface area contributed by atoms with Crippen LogP contribution in [0, 0.1) is 12.7 Å². The van der Waals surface area contributed by atoms with E-state index in [0.717, 1.165) is 5.56 Å². The van der Waals surface area contributed by atoms with Crippen molar-refractivity contribution in [3.63, 3.8) is 0 Å². The highest BCUT2D eigenvalue weighted by Crippen LogP contribution is 2.17. The van der Waals surface area contributed by atoms with Gasteiger partial charge in [0.2, 0.25) is 10.0 Å². The maximum absolute atomic E-state index is 13.1. The molecular weight excluding hydrogens is 419 g/mol. The van der Waals surface area contributed by atoms with Gasteiger partial charge >= 0.3 is 0 Å². The number of halogens is 1. The van der Waals surface area contributed by atoms with Crippen LogP contribution in [0.1, 0.15) is 35.5 Å². The number of aromatic nitrogens is 2. The zero-order valence-electron chi connectivity index (χ0n) is 17.7. The van der Waals surface area contributed by atoms with Crippen LogP contribution in [0.5, 0.6) is 0 Å². The summed E-state index contributed by atoms with van der Waals surface area (Å²) in [6.45, 7) is 6.41. The fraction of sp³-hybridized carbons (Fsp3) is 0.273. The van der Waals surface area contributed by atoms with Gasteiger partial charge in [0, 0.05) is 19.6 Å². The highest BCUT2D eigenvalue weighted by Gasteiger charge is 2.21. The van der Waals surface area contributed by atoms with E-state index in [0.29, 0.717) is 30.0 Å².